The molecule has 0 aromatic rings. The lowest BCUT2D eigenvalue weighted by Gasteiger charge is -2.39. The van der Waals surface area contributed by atoms with Crippen molar-refractivity contribution >= 4 is 5.97 Å². The zero-order valence-electron chi connectivity index (χ0n) is 35.3. The Morgan fingerprint density at radius 3 is 1.31 bits per heavy atom. The van der Waals surface area contributed by atoms with Crippen LogP contribution in [0.4, 0.5) is 0 Å². The van der Waals surface area contributed by atoms with Crippen LogP contribution >= 0.6 is 0 Å². The number of aliphatic hydroxyl groups is 4. The average Bonchev–Trinajstić information content (AvgIpc) is 3.17. The van der Waals surface area contributed by atoms with Crippen molar-refractivity contribution in [2.24, 2.45) is 0 Å². The van der Waals surface area contributed by atoms with Gasteiger partial charge in [0, 0.05) is 13.0 Å². The van der Waals surface area contributed by atoms with Crippen LogP contribution in [0.25, 0.3) is 0 Å². The number of esters is 1. The third-order valence-corrected chi connectivity index (χ3v) is 11.0. The second kappa shape index (κ2) is 37.7. The summed E-state index contributed by atoms with van der Waals surface area (Å²) in [4.78, 5) is 12.8. The molecule has 0 aliphatic carbocycles. The lowest BCUT2D eigenvalue weighted by Crippen LogP contribution is -2.59. The van der Waals surface area contributed by atoms with Crippen LogP contribution in [0, 0.1) is 0 Å². The lowest BCUT2D eigenvalue weighted by molar-refractivity contribution is -0.305. The molecule has 1 saturated heterocycles. The molecule has 4 N–H and O–H groups in total. The van der Waals surface area contributed by atoms with Crippen LogP contribution in [0.2, 0.25) is 0 Å². The molecule has 0 spiro atoms. The van der Waals surface area contributed by atoms with Crippen LogP contribution in [0.3, 0.4) is 0 Å². The summed E-state index contributed by atoms with van der Waals surface area (Å²) in [5, 5.41) is 40.1. The van der Waals surface area contributed by atoms with Crippen LogP contribution in [-0.2, 0) is 23.7 Å². The van der Waals surface area contributed by atoms with E-state index in [-0.39, 0.29) is 19.2 Å². The number of hydrogen-bond donors (Lipinski definition) is 4. The molecule has 0 saturated carbocycles. The first-order valence-corrected chi connectivity index (χ1v) is 23.1. The maximum Gasteiger partial charge on any atom is 0.306 e. The monoisotopic (exact) mass is 773 g/mol. The molecule has 54 heavy (non-hydrogen) atoms. The smallest absolute Gasteiger partial charge is 0.306 e. The van der Waals surface area contributed by atoms with Crippen LogP contribution in [0.1, 0.15) is 219 Å². The second-order valence-electron chi connectivity index (χ2n) is 16.2. The Kier molecular flexibility index (Phi) is 35.8. The summed E-state index contributed by atoms with van der Waals surface area (Å²) in [5.41, 5.74) is 0. The van der Waals surface area contributed by atoms with Gasteiger partial charge in [-0.25, -0.2) is 0 Å². The molecular formula is C45H88O9. The van der Waals surface area contributed by atoms with Gasteiger partial charge in [-0.3, -0.25) is 4.79 Å². The quantitative estimate of drug-likeness (QED) is 0.0355. The van der Waals surface area contributed by atoms with Gasteiger partial charge in [-0.15, -0.1) is 0 Å². The van der Waals surface area contributed by atoms with Crippen molar-refractivity contribution in [1.82, 2.24) is 0 Å². The van der Waals surface area contributed by atoms with Crippen molar-refractivity contribution in [3.05, 3.63) is 0 Å². The molecule has 1 fully saturated rings. The molecule has 1 aliphatic heterocycles. The summed E-state index contributed by atoms with van der Waals surface area (Å²) in [6.07, 6.45) is 32.7. The minimum absolute atomic E-state index is 0.105. The molecule has 0 aromatic heterocycles. The standard InChI is InChI=1S/C45H88O9/c1-3-5-7-9-11-13-15-17-19-20-22-24-26-28-30-32-34-41(47)53-39(38-52-45-44(50)43(49)42(48)40(36-46)54-45)37-51-35-33-31-29-27-25-23-21-18-16-14-12-10-8-6-4-2/h39-40,42-46,48-50H,3-38H2,1-2H3. The van der Waals surface area contributed by atoms with Crippen molar-refractivity contribution in [1.29, 1.82) is 0 Å². The Morgan fingerprint density at radius 1 is 0.519 bits per heavy atom. The third kappa shape index (κ3) is 28.6. The molecule has 9 nitrogen and oxygen atoms in total. The maximum absolute atomic E-state index is 12.8. The highest BCUT2D eigenvalue weighted by molar-refractivity contribution is 5.69. The van der Waals surface area contributed by atoms with Gasteiger partial charge in [0.15, 0.2) is 6.29 Å². The maximum atomic E-state index is 12.8. The highest BCUT2D eigenvalue weighted by Crippen LogP contribution is 2.23. The molecule has 1 aliphatic rings. The number of unbranched alkanes of at least 4 members (excludes halogenated alkanes) is 29. The first-order valence-electron chi connectivity index (χ1n) is 23.1. The molecule has 6 unspecified atom stereocenters. The van der Waals surface area contributed by atoms with E-state index in [4.69, 9.17) is 18.9 Å². The second-order valence-corrected chi connectivity index (χ2v) is 16.2. The van der Waals surface area contributed by atoms with Gasteiger partial charge >= 0.3 is 5.97 Å². The number of aliphatic hydroxyl groups excluding tert-OH is 4. The Labute approximate surface area is 332 Å². The van der Waals surface area contributed by atoms with Crippen LogP contribution < -0.4 is 0 Å². The Bertz CT molecular complexity index is 797. The molecule has 0 radical (unpaired) electrons. The highest BCUT2D eigenvalue weighted by atomic mass is 16.7. The fourth-order valence-electron chi connectivity index (χ4n) is 7.38. The molecular weight excluding hydrogens is 684 g/mol. The number of rotatable bonds is 40. The minimum atomic E-state index is -1.53. The predicted molar refractivity (Wildman–Crippen MR) is 220 cm³/mol. The molecule has 322 valence electrons. The first kappa shape index (κ1) is 51.2. The molecule has 1 heterocycles. The van der Waals surface area contributed by atoms with E-state index in [9.17, 15) is 25.2 Å². The van der Waals surface area contributed by atoms with E-state index in [1.807, 2.05) is 0 Å². The van der Waals surface area contributed by atoms with Gasteiger partial charge < -0.3 is 39.4 Å². The van der Waals surface area contributed by atoms with E-state index < -0.39 is 43.4 Å². The summed E-state index contributed by atoms with van der Waals surface area (Å²) in [6.45, 7) is 4.61. The van der Waals surface area contributed by atoms with Crippen molar-refractivity contribution in [3.8, 4) is 0 Å². The van der Waals surface area contributed by atoms with Gasteiger partial charge in [-0.1, -0.05) is 200 Å². The van der Waals surface area contributed by atoms with Crippen LogP contribution in [-0.4, -0.2) is 89.6 Å². The van der Waals surface area contributed by atoms with Crippen LogP contribution in [0.5, 0.6) is 0 Å². The largest absolute Gasteiger partial charge is 0.457 e. The highest BCUT2D eigenvalue weighted by Gasteiger charge is 2.44. The Balaban J connectivity index is 2.23. The van der Waals surface area contributed by atoms with Crippen molar-refractivity contribution in [2.45, 2.75) is 256 Å². The topological polar surface area (TPSA) is 135 Å². The summed E-state index contributed by atoms with van der Waals surface area (Å²) in [6, 6.07) is 0. The summed E-state index contributed by atoms with van der Waals surface area (Å²) >= 11 is 0. The fraction of sp³-hybridized carbons (Fsp3) is 0.978. The number of carbonyl (C=O) groups excluding carboxylic acids is 1. The molecule has 9 heteroatoms. The van der Waals surface area contributed by atoms with Gasteiger partial charge in [-0.05, 0) is 12.8 Å². The zero-order chi connectivity index (χ0) is 39.3. The van der Waals surface area contributed by atoms with E-state index in [1.165, 1.54) is 167 Å². The van der Waals surface area contributed by atoms with E-state index >= 15 is 0 Å². The fourth-order valence-corrected chi connectivity index (χ4v) is 7.38. The predicted octanol–water partition coefficient (Wildman–Crippen LogP) is 10.3. The van der Waals surface area contributed by atoms with Crippen molar-refractivity contribution in [2.75, 3.05) is 26.4 Å². The lowest BCUT2D eigenvalue weighted by atomic mass is 9.99. The van der Waals surface area contributed by atoms with E-state index in [0.29, 0.717) is 13.0 Å². The summed E-state index contributed by atoms with van der Waals surface area (Å²) < 4.78 is 22.8. The van der Waals surface area contributed by atoms with Gasteiger partial charge in [0.1, 0.15) is 30.5 Å². The van der Waals surface area contributed by atoms with Gasteiger partial charge in [0.25, 0.3) is 0 Å². The number of hydrogen-bond acceptors (Lipinski definition) is 9. The van der Waals surface area contributed by atoms with E-state index in [1.54, 1.807) is 0 Å². The Morgan fingerprint density at radius 2 is 0.907 bits per heavy atom. The van der Waals surface area contributed by atoms with Gasteiger partial charge in [0.2, 0.25) is 0 Å². The summed E-state index contributed by atoms with van der Waals surface area (Å²) in [5.74, 6) is -0.307. The SMILES string of the molecule is CCCCCCCCCCCCCCCCCCC(=O)OC(COCCCCCCCCCCCCCCCCC)COC1OC(CO)C(O)C(O)C1O. The molecule has 0 aromatic carbocycles. The molecule has 1 rings (SSSR count). The molecule has 0 bridgehead atoms. The number of carbonyl (C=O) groups is 1. The van der Waals surface area contributed by atoms with E-state index in [0.717, 1.165) is 32.1 Å². The van der Waals surface area contributed by atoms with Crippen LogP contribution in [0.15, 0.2) is 0 Å². The first-order chi connectivity index (χ1) is 26.4. The van der Waals surface area contributed by atoms with E-state index in [2.05, 4.69) is 13.8 Å². The Hall–Kier alpha value is -0.810. The average molecular weight is 773 g/mol. The van der Waals surface area contributed by atoms with Crippen molar-refractivity contribution < 1.29 is 44.2 Å². The summed E-state index contributed by atoms with van der Waals surface area (Å²) in [7, 11) is 0. The van der Waals surface area contributed by atoms with Crippen molar-refractivity contribution in [3.63, 3.8) is 0 Å². The zero-order valence-corrected chi connectivity index (χ0v) is 35.3. The number of ether oxygens (including phenoxy) is 4. The normalized spacial score (nSPS) is 20.7. The minimum Gasteiger partial charge on any atom is -0.457 e. The van der Waals surface area contributed by atoms with Gasteiger partial charge in [-0.2, -0.15) is 0 Å². The molecule has 0 amide bonds. The van der Waals surface area contributed by atoms with Gasteiger partial charge in [0.05, 0.1) is 19.8 Å². The molecule has 6 atom stereocenters. The third-order valence-electron chi connectivity index (χ3n) is 11.0.